The van der Waals surface area contributed by atoms with E-state index >= 15 is 0 Å². The molecule has 5 heteroatoms. The first-order valence-corrected chi connectivity index (χ1v) is 6.45. The van der Waals surface area contributed by atoms with Crippen molar-refractivity contribution in [3.63, 3.8) is 0 Å². The number of amides is 2. The molecule has 0 bridgehead atoms. The molecule has 17 heavy (non-hydrogen) atoms. The lowest BCUT2D eigenvalue weighted by Gasteiger charge is -2.22. The van der Waals surface area contributed by atoms with E-state index in [0.717, 1.165) is 32.2 Å². The zero-order valence-corrected chi connectivity index (χ0v) is 10.7. The number of carbonyl (C=O) groups is 2. The molecule has 0 aromatic rings. The van der Waals surface area contributed by atoms with Crippen molar-refractivity contribution in [2.75, 3.05) is 13.1 Å². The van der Waals surface area contributed by atoms with E-state index in [0.29, 0.717) is 6.54 Å². The number of hydrogen-bond donors (Lipinski definition) is 3. The predicted octanol–water partition coefficient (Wildman–Crippen LogP) is 0.570. The fourth-order valence-corrected chi connectivity index (χ4v) is 1.99. The van der Waals surface area contributed by atoms with Crippen LogP contribution in [-0.2, 0) is 9.59 Å². The van der Waals surface area contributed by atoms with Gasteiger partial charge in [0.05, 0.1) is 5.92 Å². The summed E-state index contributed by atoms with van der Waals surface area (Å²) in [5.41, 5.74) is 5.01. The Morgan fingerprint density at radius 1 is 1.41 bits per heavy atom. The van der Waals surface area contributed by atoms with Gasteiger partial charge in [-0.25, -0.2) is 0 Å². The number of carbonyl (C=O) groups excluding carboxylic acids is 2. The highest BCUT2D eigenvalue weighted by molar-refractivity contribution is 5.84. The van der Waals surface area contributed by atoms with Crippen molar-refractivity contribution in [1.82, 2.24) is 16.2 Å². The van der Waals surface area contributed by atoms with Gasteiger partial charge in [0.1, 0.15) is 0 Å². The van der Waals surface area contributed by atoms with Gasteiger partial charge in [0.15, 0.2) is 0 Å². The van der Waals surface area contributed by atoms with E-state index in [-0.39, 0.29) is 23.7 Å². The molecule has 0 aromatic carbocycles. The van der Waals surface area contributed by atoms with Crippen LogP contribution in [0.1, 0.15) is 39.5 Å². The van der Waals surface area contributed by atoms with Crippen molar-refractivity contribution in [2.24, 2.45) is 11.8 Å². The summed E-state index contributed by atoms with van der Waals surface area (Å²) in [4.78, 5) is 23.3. The van der Waals surface area contributed by atoms with E-state index in [1.54, 1.807) is 0 Å². The maximum atomic E-state index is 11.7. The first-order chi connectivity index (χ1) is 8.15. The maximum absolute atomic E-state index is 11.7. The highest BCUT2D eigenvalue weighted by Crippen LogP contribution is 2.09. The van der Waals surface area contributed by atoms with E-state index in [1.165, 1.54) is 0 Å². The van der Waals surface area contributed by atoms with Gasteiger partial charge < -0.3 is 5.32 Å². The van der Waals surface area contributed by atoms with Crippen molar-refractivity contribution in [2.45, 2.75) is 39.5 Å². The third-order valence-electron chi connectivity index (χ3n) is 3.15. The standard InChI is InChI=1S/C12H23N3O2/c1-3-5-9(2)11(16)14-15-12(17)10-6-4-7-13-8-10/h9-10,13H,3-8H2,1-2H3,(H,14,16)(H,15,17). The molecule has 2 amide bonds. The fraction of sp³-hybridized carbons (Fsp3) is 0.833. The van der Waals surface area contributed by atoms with Gasteiger partial charge in [0.2, 0.25) is 11.8 Å². The van der Waals surface area contributed by atoms with E-state index < -0.39 is 0 Å². The van der Waals surface area contributed by atoms with Crippen LogP contribution < -0.4 is 16.2 Å². The van der Waals surface area contributed by atoms with Crippen LogP contribution in [0.3, 0.4) is 0 Å². The molecular weight excluding hydrogens is 218 g/mol. The topological polar surface area (TPSA) is 70.2 Å². The summed E-state index contributed by atoms with van der Waals surface area (Å²) in [6, 6.07) is 0. The third kappa shape index (κ3) is 4.73. The molecule has 98 valence electrons. The number of nitrogens with one attached hydrogen (secondary N) is 3. The van der Waals surface area contributed by atoms with Crippen LogP contribution in [-0.4, -0.2) is 24.9 Å². The number of piperidine rings is 1. The number of hydrazine groups is 1. The molecule has 1 aliphatic rings. The van der Waals surface area contributed by atoms with Crippen LogP contribution in [0, 0.1) is 11.8 Å². The van der Waals surface area contributed by atoms with E-state index in [2.05, 4.69) is 16.2 Å². The van der Waals surface area contributed by atoms with Gasteiger partial charge in [-0.15, -0.1) is 0 Å². The Morgan fingerprint density at radius 3 is 2.76 bits per heavy atom. The van der Waals surface area contributed by atoms with Gasteiger partial charge >= 0.3 is 0 Å². The molecule has 1 saturated heterocycles. The van der Waals surface area contributed by atoms with Gasteiger partial charge in [0, 0.05) is 12.5 Å². The summed E-state index contributed by atoms with van der Waals surface area (Å²) in [5.74, 6) is -0.270. The molecule has 1 fully saturated rings. The lowest BCUT2D eigenvalue weighted by molar-refractivity contribution is -0.133. The molecule has 1 rings (SSSR count). The van der Waals surface area contributed by atoms with Gasteiger partial charge in [-0.1, -0.05) is 20.3 Å². The van der Waals surface area contributed by atoms with Crippen molar-refractivity contribution in [1.29, 1.82) is 0 Å². The Kier molecular flexibility index (Phi) is 5.97. The summed E-state index contributed by atoms with van der Waals surface area (Å²) in [6.45, 7) is 5.58. The molecule has 0 saturated carbocycles. The normalized spacial score (nSPS) is 21.6. The zero-order chi connectivity index (χ0) is 12.7. The zero-order valence-electron chi connectivity index (χ0n) is 10.7. The minimum atomic E-state index is -0.107. The summed E-state index contributed by atoms with van der Waals surface area (Å²) in [6.07, 6.45) is 3.71. The van der Waals surface area contributed by atoms with Gasteiger partial charge in [-0.3, -0.25) is 20.4 Å². The summed E-state index contributed by atoms with van der Waals surface area (Å²) in [5, 5.41) is 3.17. The van der Waals surface area contributed by atoms with Crippen LogP contribution in [0.4, 0.5) is 0 Å². The largest absolute Gasteiger partial charge is 0.316 e. The Labute approximate surface area is 103 Å². The second-order valence-corrected chi connectivity index (χ2v) is 4.71. The maximum Gasteiger partial charge on any atom is 0.242 e. The van der Waals surface area contributed by atoms with E-state index in [9.17, 15) is 9.59 Å². The van der Waals surface area contributed by atoms with Gasteiger partial charge in [-0.2, -0.15) is 0 Å². The monoisotopic (exact) mass is 241 g/mol. The van der Waals surface area contributed by atoms with Crippen LogP contribution in [0.5, 0.6) is 0 Å². The Bertz CT molecular complexity index is 262. The Hall–Kier alpha value is -1.10. The Balaban J connectivity index is 2.24. The molecular formula is C12H23N3O2. The second kappa shape index (κ2) is 7.27. The summed E-state index contributed by atoms with van der Waals surface area (Å²) in [7, 11) is 0. The van der Waals surface area contributed by atoms with Crippen LogP contribution in [0.25, 0.3) is 0 Å². The highest BCUT2D eigenvalue weighted by Gasteiger charge is 2.21. The number of hydrogen-bond acceptors (Lipinski definition) is 3. The lowest BCUT2D eigenvalue weighted by atomic mass is 9.99. The van der Waals surface area contributed by atoms with Crippen molar-refractivity contribution in [3.8, 4) is 0 Å². The fourth-order valence-electron chi connectivity index (χ4n) is 1.99. The Morgan fingerprint density at radius 2 is 2.18 bits per heavy atom. The minimum absolute atomic E-state index is 0.0227. The summed E-state index contributed by atoms with van der Waals surface area (Å²) >= 11 is 0. The van der Waals surface area contributed by atoms with E-state index in [1.807, 2.05) is 13.8 Å². The first kappa shape index (κ1) is 14.0. The highest BCUT2D eigenvalue weighted by atomic mass is 16.2. The van der Waals surface area contributed by atoms with E-state index in [4.69, 9.17) is 0 Å². The minimum Gasteiger partial charge on any atom is -0.316 e. The average Bonchev–Trinajstić information content (AvgIpc) is 2.36. The quantitative estimate of drug-likeness (QED) is 0.630. The molecule has 1 aliphatic heterocycles. The predicted molar refractivity (Wildman–Crippen MR) is 66.0 cm³/mol. The summed E-state index contributed by atoms with van der Waals surface area (Å²) < 4.78 is 0. The molecule has 2 atom stereocenters. The van der Waals surface area contributed by atoms with Crippen LogP contribution in [0.15, 0.2) is 0 Å². The second-order valence-electron chi connectivity index (χ2n) is 4.71. The van der Waals surface area contributed by atoms with Gasteiger partial charge in [-0.05, 0) is 25.8 Å². The molecule has 0 radical (unpaired) electrons. The molecule has 1 heterocycles. The first-order valence-electron chi connectivity index (χ1n) is 6.45. The molecule has 5 nitrogen and oxygen atoms in total. The van der Waals surface area contributed by atoms with Crippen molar-refractivity contribution >= 4 is 11.8 Å². The third-order valence-corrected chi connectivity index (χ3v) is 3.15. The van der Waals surface area contributed by atoms with Crippen molar-refractivity contribution in [3.05, 3.63) is 0 Å². The lowest BCUT2D eigenvalue weighted by Crippen LogP contribution is -2.49. The average molecular weight is 241 g/mol. The van der Waals surface area contributed by atoms with Crippen molar-refractivity contribution < 1.29 is 9.59 Å². The molecule has 2 unspecified atom stereocenters. The molecule has 0 aromatic heterocycles. The molecule has 0 spiro atoms. The SMILES string of the molecule is CCCC(C)C(=O)NNC(=O)C1CCCNC1. The van der Waals surface area contributed by atoms with Crippen LogP contribution in [0.2, 0.25) is 0 Å². The molecule has 0 aliphatic carbocycles. The number of rotatable bonds is 4. The smallest absolute Gasteiger partial charge is 0.242 e. The van der Waals surface area contributed by atoms with Crippen LogP contribution >= 0.6 is 0 Å². The van der Waals surface area contributed by atoms with Gasteiger partial charge in [0.25, 0.3) is 0 Å². The molecule has 3 N–H and O–H groups in total.